The minimum Gasteiger partial charge on any atom is -0.363 e. The second-order valence-corrected chi connectivity index (χ2v) is 5.37. The summed E-state index contributed by atoms with van der Waals surface area (Å²) in [6, 6.07) is 4.37. The summed E-state index contributed by atoms with van der Waals surface area (Å²) in [5.41, 5.74) is 0.503. The molecule has 0 spiro atoms. The van der Waals surface area contributed by atoms with E-state index in [-0.39, 0.29) is 6.04 Å². The Bertz CT molecular complexity index is 420. The Morgan fingerprint density at radius 1 is 1.33 bits per heavy atom. The highest BCUT2D eigenvalue weighted by Crippen LogP contribution is 2.26. The van der Waals surface area contributed by atoms with Crippen molar-refractivity contribution in [3.05, 3.63) is 29.8 Å². The van der Waals surface area contributed by atoms with Crippen molar-refractivity contribution in [3.63, 3.8) is 0 Å². The Hall–Kier alpha value is -1.16. The molecule has 1 N–H and O–H groups in total. The normalized spacial score (nSPS) is 24.7. The van der Waals surface area contributed by atoms with E-state index in [0.29, 0.717) is 17.6 Å². The minimum absolute atomic E-state index is 0.237. The molecule has 1 heterocycles. The van der Waals surface area contributed by atoms with Crippen LogP contribution in [-0.2, 0) is 0 Å². The minimum atomic E-state index is -0.527. The van der Waals surface area contributed by atoms with E-state index in [1.807, 2.05) is 0 Å². The van der Waals surface area contributed by atoms with Crippen molar-refractivity contribution >= 4 is 5.69 Å². The predicted octanol–water partition coefficient (Wildman–Crippen LogP) is 2.79. The molecule has 0 bridgehead atoms. The van der Waals surface area contributed by atoms with Gasteiger partial charge in [0.15, 0.2) is 0 Å². The molecule has 1 aliphatic rings. The fourth-order valence-electron chi connectivity index (χ4n) is 2.51. The molecule has 0 aromatic heterocycles. The molecule has 1 fully saturated rings. The van der Waals surface area contributed by atoms with Crippen molar-refractivity contribution in [2.24, 2.45) is 5.92 Å². The van der Waals surface area contributed by atoms with E-state index < -0.39 is 11.6 Å². The summed E-state index contributed by atoms with van der Waals surface area (Å²) in [6.45, 7) is 7.89. The lowest BCUT2D eigenvalue weighted by Crippen LogP contribution is -2.57. The molecule has 2 atom stereocenters. The van der Waals surface area contributed by atoms with Gasteiger partial charge >= 0.3 is 0 Å². The maximum Gasteiger partial charge on any atom is 0.149 e. The van der Waals surface area contributed by atoms with Crippen LogP contribution in [0.15, 0.2) is 18.2 Å². The lowest BCUT2D eigenvalue weighted by molar-refractivity contribution is 0.346. The summed E-state index contributed by atoms with van der Waals surface area (Å²) in [5, 5.41) is 3.41. The van der Waals surface area contributed by atoms with E-state index in [9.17, 15) is 8.78 Å². The fourth-order valence-corrected chi connectivity index (χ4v) is 2.51. The monoisotopic (exact) mass is 254 g/mol. The van der Waals surface area contributed by atoms with Gasteiger partial charge in [-0.05, 0) is 25.0 Å². The highest BCUT2D eigenvalue weighted by atomic mass is 19.1. The van der Waals surface area contributed by atoms with Crippen molar-refractivity contribution in [2.45, 2.75) is 32.9 Å². The van der Waals surface area contributed by atoms with Gasteiger partial charge < -0.3 is 10.2 Å². The average Bonchev–Trinajstić information content (AvgIpc) is 2.28. The maximum absolute atomic E-state index is 13.9. The van der Waals surface area contributed by atoms with Gasteiger partial charge in [0, 0.05) is 31.2 Å². The highest BCUT2D eigenvalue weighted by molar-refractivity contribution is 5.50. The van der Waals surface area contributed by atoms with Gasteiger partial charge in [0.25, 0.3) is 0 Å². The van der Waals surface area contributed by atoms with Crippen LogP contribution >= 0.6 is 0 Å². The molecule has 1 saturated heterocycles. The first-order valence-corrected chi connectivity index (χ1v) is 6.44. The Morgan fingerprint density at radius 2 is 2.06 bits per heavy atom. The molecule has 4 heteroatoms. The molecule has 100 valence electrons. The van der Waals surface area contributed by atoms with E-state index in [1.54, 1.807) is 0 Å². The van der Waals surface area contributed by atoms with E-state index >= 15 is 0 Å². The zero-order valence-electron chi connectivity index (χ0n) is 11.1. The summed E-state index contributed by atoms with van der Waals surface area (Å²) < 4.78 is 26.9. The molecule has 0 aliphatic carbocycles. The van der Waals surface area contributed by atoms with Crippen LogP contribution in [0.5, 0.6) is 0 Å². The van der Waals surface area contributed by atoms with Gasteiger partial charge in [0.2, 0.25) is 0 Å². The van der Waals surface area contributed by atoms with Gasteiger partial charge in [-0.3, -0.25) is 0 Å². The second kappa shape index (κ2) is 5.22. The summed E-state index contributed by atoms with van der Waals surface area (Å²) >= 11 is 0. The molecule has 1 aromatic rings. The summed E-state index contributed by atoms with van der Waals surface area (Å²) in [7, 11) is 0. The summed E-state index contributed by atoms with van der Waals surface area (Å²) in [5.74, 6) is -0.593. The van der Waals surface area contributed by atoms with Gasteiger partial charge in [0.05, 0.1) is 5.69 Å². The van der Waals surface area contributed by atoms with Crippen molar-refractivity contribution < 1.29 is 8.78 Å². The number of hydrogen-bond acceptors (Lipinski definition) is 2. The molecule has 0 saturated carbocycles. The van der Waals surface area contributed by atoms with E-state index in [1.165, 1.54) is 12.1 Å². The standard InChI is InChI=1S/C14H20F2N2/c1-9(2)14-7-17-10(3)8-18(14)13-5-4-11(15)6-12(13)16/h4-6,9-10,14,17H,7-8H2,1-3H3. The van der Waals surface area contributed by atoms with Crippen molar-refractivity contribution in [3.8, 4) is 0 Å². The number of nitrogens with zero attached hydrogens (tertiary/aromatic N) is 1. The lowest BCUT2D eigenvalue weighted by Gasteiger charge is -2.43. The van der Waals surface area contributed by atoms with Crippen LogP contribution in [0.25, 0.3) is 0 Å². The first kappa shape index (κ1) is 13.3. The van der Waals surface area contributed by atoms with E-state index in [4.69, 9.17) is 0 Å². The summed E-state index contributed by atoms with van der Waals surface area (Å²) in [4.78, 5) is 2.06. The molecule has 2 rings (SSSR count). The first-order valence-electron chi connectivity index (χ1n) is 6.44. The number of piperazine rings is 1. The van der Waals surface area contributed by atoms with Crippen LogP contribution in [0, 0.1) is 17.6 Å². The van der Waals surface area contributed by atoms with Gasteiger partial charge in [-0.25, -0.2) is 8.78 Å². The molecule has 18 heavy (non-hydrogen) atoms. The Labute approximate surface area is 107 Å². The van der Waals surface area contributed by atoms with Crippen molar-refractivity contribution in [1.29, 1.82) is 0 Å². The number of hydrogen-bond donors (Lipinski definition) is 1. The number of nitrogens with one attached hydrogen (secondary N) is 1. The highest BCUT2D eigenvalue weighted by Gasteiger charge is 2.29. The Morgan fingerprint density at radius 3 is 2.67 bits per heavy atom. The lowest BCUT2D eigenvalue weighted by atomic mass is 9.98. The van der Waals surface area contributed by atoms with Crippen LogP contribution < -0.4 is 10.2 Å². The van der Waals surface area contributed by atoms with E-state index in [2.05, 4.69) is 31.0 Å². The summed E-state index contributed by atoms with van der Waals surface area (Å²) in [6.07, 6.45) is 0. The maximum atomic E-state index is 13.9. The van der Waals surface area contributed by atoms with Gasteiger partial charge in [-0.15, -0.1) is 0 Å². The van der Waals surface area contributed by atoms with Crippen LogP contribution in [-0.4, -0.2) is 25.2 Å². The van der Waals surface area contributed by atoms with E-state index in [0.717, 1.165) is 19.2 Å². The zero-order chi connectivity index (χ0) is 13.3. The third-order valence-electron chi connectivity index (χ3n) is 3.54. The zero-order valence-corrected chi connectivity index (χ0v) is 11.1. The first-order chi connectivity index (χ1) is 8.49. The third kappa shape index (κ3) is 2.64. The SMILES string of the molecule is CC1CN(c2ccc(F)cc2F)C(C(C)C)CN1. The Kier molecular flexibility index (Phi) is 3.85. The number of anilines is 1. The van der Waals surface area contributed by atoms with Crippen LogP contribution in [0.4, 0.5) is 14.5 Å². The largest absolute Gasteiger partial charge is 0.363 e. The molecule has 0 amide bonds. The van der Waals surface area contributed by atoms with Gasteiger partial charge in [-0.2, -0.15) is 0 Å². The second-order valence-electron chi connectivity index (χ2n) is 5.37. The molecule has 0 radical (unpaired) electrons. The van der Waals surface area contributed by atoms with Gasteiger partial charge in [-0.1, -0.05) is 13.8 Å². The average molecular weight is 254 g/mol. The number of benzene rings is 1. The van der Waals surface area contributed by atoms with Crippen molar-refractivity contribution in [1.82, 2.24) is 5.32 Å². The third-order valence-corrected chi connectivity index (χ3v) is 3.54. The fraction of sp³-hybridized carbons (Fsp3) is 0.571. The molecule has 2 unspecified atom stereocenters. The van der Waals surface area contributed by atoms with Gasteiger partial charge in [0.1, 0.15) is 11.6 Å². The molecule has 1 aliphatic heterocycles. The van der Waals surface area contributed by atoms with Crippen LogP contribution in [0.3, 0.4) is 0 Å². The molecular weight excluding hydrogens is 234 g/mol. The van der Waals surface area contributed by atoms with Crippen LogP contribution in [0.2, 0.25) is 0 Å². The predicted molar refractivity (Wildman–Crippen MR) is 69.8 cm³/mol. The topological polar surface area (TPSA) is 15.3 Å². The van der Waals surface area contributed by atoms with Crippen LogP contribution in [0.1, 0.15) is 20.8 Å². The Balaban J connectivity index is 2.32. The molecule has 1 aromatic carbocycles. The number of halogens is 2. The van der Waals surface area contributed by atoms with Crippen molar-refractivity contribution in [2.75, 3.05) is 18.0 Å². The molecular formula is C14H20F2N2. The number of rotatable bonds is 2. The quantitative estimate of drug-likeness (QED) is 0.873. The molecule has 2 nitrogen and oxygen atoms in total. The smallest absolute Gasteiger partial charge is 0.149 e.